The number of fused-ring (bicyclic) bond motifs is 1. The van der Waals surface area contributed by atoms with E-state index in [4.69, 9.17) is 4.98 Å². The summed E-state index contributed by atoms with van der Waals surface area (Å²) in [7, 11) is 0. The summed E-state index contributed by atoms with van der Waals surface area (Å²) in [5.41, 5.74) is 4.74. The Morgan fingerprint density at radius 3 is 2.31 bits per heavy atom. The molecule has 3 aromatic rings. The van der Waals surface area contributed by atoms with Crippen LogP contribution in [0.15, 0.2) is 41.3 Å². The van der Waals surface area contributed by atoms with E-state index in [-0.39, 0.29) is 18.3 Å². The minimum atomic E-state index is 0. The van der Waals surface area contributed by atoms with Crippen LogP contribution in [0.4, 0.5) is 5.13 Å². The largest absolute Gasteiger partial charge is 0.302 e. The van der Waals surface area contributed by atoms with Crippen LogP contribution in [0.3, 0.4) is 0 Å². The Hall–Kier alpha value is -1.60. The monoisotopic (exact) mass is 491 g/mol. The molecule has 4 nitrogen and oxygen atoms in total. The number of likely N-dealkylation sites (N-methyl/N-ethyl adjacent to an activating group) is 1. The molecule has 0 bridgehead atoms. The van der Waals surface area contributed by atoms with Gasteiger partial charge < -0.3 is 4.90 Å². The zero-order valence-corrected chi connectivity index (χ0v) is 22.1. The molecule has 1 heterocycles. The predicted molar refractivity (Wildman–Crippen MR) is 143 cm³/mol. The molecule has 0 atom stereocenters. The van der Waals surface area contributed by atoms with Crippen molar-refractivity contribution < 1.29 is 4.79 Å². The van der Waals surface area contributed by atoms with Crippen molar-refractivity contribution in [2.45, 2.75) is 45.9 Å². The van der Waals surface area contributed by atoms with Crippen LogP contribution < -0.4 is 4.90 Å². The predicted octanol–water partition coefficient (Wildman–Crippen LogP) is 6.50. The average Bonchev–Trinajstić information content (AvgIpc) is 3.15. The van der Waals surface area contributed by atoms with Crippen molar-refractivity contribution in [1.29, 1.82) is 0 Å². The molecular weight excluding hydrogens is 458 g/mol. The first kappa shape index (κ1) is 26.7. The molecule has 32 heavy (non-hydrogen) atoms. The first-order chi connectivity index (χ1) is 14.9. The first-order valence-electron chi connectivity index (χ1n) is 11.0. The highest BCUT2D eigenvalue weighted by molar-refractivity contribution is 7.99. The van der Waals surface area contributed by atoms with E-state index >= 15 is 0 Å². The van der Waals surface area contributed by atoms with E-state index in [9.17, 15) is 4.79 Å². The van der Waals surface area contributed by atoms with Gasteiger partial charge in [0.2, 0.25) is 5.91 Å². The van der Waals surface area contributed by atoms with Crippen LogP contribution in [0.2, 0.25) is 0 Å². The highest BCUT2D eigenvalue weighted by Crippen LogP contribution is 2.31. The minimum absolute atomic E-state index is 0. The summed E-state index contributed by atoms with van der Waals surface area (Å²) < 4.78 is 1.15. The highest BCUT2D eigenvalue weighted by Gasteiger charge is 2.20. The van der Waals surface area contributed by atoms with Gasteiger partial charge in [-0.2, -0.15) is 0 Å². The molecule has 174 valence electrons. The van der Waals surface area contributed by atoms with Crippen LogP contribution in [-0.2, 0) is 4.79 Å². The molecule has 3 rings (SSSR count). The van der Waals surface area contributed by atoms with Gasteiger partial charge in [-0.25, -0.2) is 4.98 Å². The summed E-state index contributed by atoms with van der Waals surface area (Å²) in [4.78, 5) is 23.6. The summed E-state index contributed by atoms with van der Waals surface area (Å²) in [6, 6.07) is 12.8. The number of amides is 1. The van der Waals surface area contributed by atoms with E-state index < -0.39 is 0 Å². The summed E-state index contributed by atoms with van der Waals surface area (Å²) in [6.45, 7) is 14.2. The number of aryl methyl sites for hydroxylation is 3. The van der Waals surface area contributed by atoms with Gasteiger partial charge in [-0.3, -0.25) is 9.69 Å². The van der Waals surface area contributed by atoms with Crippen LogP contribution in [-0.4, -0.2) is 47.7 Å². The topological polar surface area (TPSA) is 36.4 Å². The molecule has 0 radical (unpaired) electrons. The number of anilines is 1. The number of carbonyl (C=O) groups excluding carboxylic acids is 1. The van der Waals surface area contributed by atoms with Crippen LogP contribution >= 0.6 is 35.5 Å². The Balaban J connectivity index is 0.00000363. The third-order valence-corrected chi connectivity index (χ3v) is 7.72. The summed E-state index contributed by atoms with van der Waals surface area (Å²) in [6.07, 6.45) is 0.505. The average molecular weight is 492 g/mol. The number of rotatable bonds is 10. The Morgan fingerprint density at radius 2 is 1.66 bits per heavy atom. The van der Waals surface area contributed by atoms with E-state index in [0.29, 0.717) is 13.0 Å². The zero-order chi connectivity index (χ0) is 22.4. The molecule has 0 aliphatic carbocycles. The van der Waals surface area contributed by atoms with E-state index in [1.807, 2.05) is 4.90 Å². The van der Waals surface area contributed by atoms with Gasteiger partial charge in [-0.05, 0) is 69.3 Å². The number of thiazole rings is 1. The highest BCUT2D eigenvalue weighted by atomic mass is 35.5. The fourth-order valence-electron chi connectivity index (χ4n) is 3.42. The number of benzene rings is 2. The second-order valence-electron chi connectivity index (χ2n) is 7.88. The summed E-state index contributed by atoms with van der Waals surface area (Å²) in [5.74, 6) is 0.923. The number of thioether (sulfide) groups is 1. The smallest absolute Gasteiger partial charge is 0.229 e. The Kier molecular flexibility index (Phi) is 10.5. The quantitative estimate of drug-likeness (QED) is 0.303. The first-order valence-corrected chi connectivity index (χ1v) is 12.8. The molecule has 0 aliphatic rings. The van der Waals surface area contributed by atoms with Crippen molar-refractivity contribution in [3.63, 3.8) is 0 Å². The van der Waals surface area contributed by atoms with Crippen LogP contribution in [0.1, 0.15) is 37.0 Å². The normalized spacial score (nSPS) is 11.1. The van der Waals surface area contributed by atoms with E-state index in [0.717, 1.165) is 40.7 Å². The molecule has 0 saturated heterocycles. The molecule has 2 aromatic carbocycles. The molecule has 7 heteroatoms. The summed E-state index contributed by atoms with van der Waals surface area (Å²) in [5, 5.41) is 0.817. The lowest BCUT2D eigenvalue weighted by Gasteiger charge is -2.24. The Bertz CT molecular complexity index is 977. The van der Waals surface area contributed by atoms with E-state index in [1.54, 1.807) is 23.1 Å². The molecule has 0 saturated carbocycles. The molecule has 0 N–H and O–H groups in total. The zero-order valence-electron chi connectivity index (χ0n) is 19.7. The van der Waals surface area contributed by atoms with Crippen molar-refractivity contribution >= 4 is 56.8 Å². The summed E-state index contributed by atoms with van der Waals surface area (Å²) >= 11 is 3.36. The molecule has 1 amide bonds. The lowest BCUT2D eigenvalue weighted by molar-refractivity contribution is -0.118. The maximum Gasteiger partial charge on any atom is 0.229 e. The molecular formula is C25H34ClN3OS2. The van der Waals surface area contributed by atoms with Gasteiger partial charge in [0.15, 0.2) is 5.13 Å². The van der Waals surface area contributed by atoms with Crippen molar-refractivity contribution in [2.75, 3.05) is 36.8 Å². The van der Waals surface area contributed by atoms with Gasteiger partial charge in [0.25, 0.3) is 0 Å². The maximum absolute atomic E-state index is 13.2. The Labute approximate surface area is 206 Å². The number of carbonyl (C=O) groups is 1. The van der Waals surface area contributed by atoms with Crippen LogP contribution in [0.5, 0.6) is 0 Å². The number of aromatic nitrogens is 1. The molecule has 0 unspecified atom stereocenters. The van der Waals surface area contributed by atoms with E-state index in [1.165, 1.54) is 21.6 Å². The van der Waals surface area contributed by atoms with Gasteiger partial charge in [0.1, 0.15) is 0 Å². The van der Waals surface area contributed by atoms with Crippen LogP contribution in [0, 0.1) is 20.8 Å². The van der Waals surface area contributed by atoms with Gasteiger partial charge in [0, 0.05) is 30.2 Å². The minimum Gasteiger partial charge on any atom is -0.302 e. The SMILES string of the molecule is CCN(CC)CCN(C(=O)CCSc1ccc(C)cc1)c1nc2cc(C)c(C)cc2s1.Cl. The lowest BCUT2D eigenvalue weighted by Crippen LogP contribution is -2.39. The number of hydrogen-bond acceptors (Lipinski definition) is 5. The third kappa shape index (κ3) is 6.95. The van der Waals surface area contributed by atoms with Gasteiger partial charge in [-0.15, -0.1) is 24.2 Å². The third-order valence-electron chi connectivity index (χ3n) is 5.66. The number of halogens is 1. The van der Waals surface area contributed by atoms with Crippen molar-refractivity contribution in [2.24, 2.45) is 0 Å². The van der Waals surface area contributed by atoms with Gasteiger partial charge >= 0.3 is 0 Å². The number of hydrogen-bond donors (Lipinski definition) is 0. The fourth-order valence-corrected chi connectivity index (χ4v) is 5.35. The van der Waals surface area contributed by atoms with E-state index in [2.05, 4.69) is 75.9 Å². The number of nitrogens with zero attached hydrogens (tertiary/aromatic N) is 3. The van der Waals surface area contributed by atoms with Gasteiger partial charge in [-0.1, -0.05) is 42.9 Å². The maximum atomic E-state index is 13.2. The van der Waals surface area contributed by atoms with Crippen molar-refractivity contribution in [3.8, 4) is 0 Å². The second-order valence-corrected chi connectivity index (χ2v) is 10.1. The molecule has 0 spiro atoms. The second kappa shape index (κ2) is 12.6. The molecule has 1 aromatic heterocycles. The molecule has 0 fully saturated rings. The molecule has 0 aliphatic heterocycles. The standard InChI is InChI=1S/C25H33N3OS2.ClH/c1-6-27(7-2)13-14-28(24(29)12-15-30-21-10-8-18(3)9-11-21)25-26-22-16-19(4)20(5)17-23(22)31-25;/h8-11,16-17H,6-7,12-15H2,1-5H3;1H. The fraction of sp³-hybridized carbons (Fsp3) is 0.440. The van der Waals surface area contributed by atoms with Crippen molar-refractivity contribution in [1.82, 2.24) is 9.88 Å². The van der Waals surface area contributed by atoms with Gasteiger partial charge in [0.05, 0.1) is 10.2 Å². The lowest BCUT2D eigenvalue weighted by atomic mass is 10.1. The van der Waals surface area contributed by atoms with Crippen molar-refractivity contribution in [3.05, 3.63) is 53.1 Å². The Morgan fingerprint density at radius 1 is 1.00 bits per heavy atom. The van der Waals surface area contributed by atoms with Crippen LogP contribution in [0.25, 0.3) is 10.2 Å².